The van der Waals surface area contributed by atoms with Gasteiger partial charge < -0.3 is 4.74 Å². The second-order valence-electron chi connectivity index (χ2n) is 6.26. The molecule has 1 aliphatic rings. The summed E-state index contributed by atoms with van der Waals surface area (Å²) < 4.78 is 5.92. The van der Waals surface area contributed by atoms with Gasteiger partial charge in [0.1, 0.15) is 0 Å². The van der Waals surface area contributed by atoms with Gasteiger partial charge in [-0.1, -0.05) is 48.5 Å². The number of nitrogens with zero attached hydrogens (tertiary/aromatic N) is 1. The zero-order valence-corrected chi connectivity index (χ0v) is 12.8. The Morgan fingerprint density at radius 2 is 1.59 bits per heavy atom. The minimum Gasteiger partial charge on any atom is -0.445 e. The molecule has 3 nitrogen and oxygen atoms in total. The molecule has 22 heavy (non-hydrogen) atoms. The molecule has 0 saturated carbocycles. The van der Waals surface area contributed by atoms with Crippen LogP contribution in [0.25, 0.3) is 0 Å². The van der Waals surface area contributed by atoms with Gasteiger partial charge in [-0.3, -0.25) is 4.99 Å². The number of rotatable bonds is 3. The van der Waals surface area contributed by atoms with Gasteiger partial charge in [0.15, 0.2) is 5.60 Å². The van der Waals surface area contributed by atoms with Crippen molar-refractivity contribution < 1.29 is 9.53 Å². The maximum absolute atomic E-state index is 12.5. The highest BCUT2D eigenvalue weighted by atomic mass is 16.6. The number of carbonyl (C=O) groups is 1. The molecule has 0 saturated heterocycles. The lowest BCUT2D eigenvalue weighted by Crippen LogP contribution is -2.35. The van der Waals surface area contributed by atoms with Crippen LogP contribution in [0.3, 0.4) is 0 Å². The Hall–Kier alpha value is -2.42. The van der Waals surface area contributed by atoms with E-state index in [4.69, 9.17) is 4.74 Å². The van der Waals surface area contributed by atoms with Crippen molar-refractivity contribution >= 4 is 12.2 Å². The second kappa shape index (κ2) is 5.41. The van der Waals surface area contributed by atoms with Crippen LogP contribution in [0.4, 0.5) is 0 Å². The van der Waals surface area contributed by atoms with Gasteiger partial charge in [-0.15, -0.1) is 0 Å². The molecule has 0 fully saturated rings. The third-order valence-electron chi connectivity index (χ3n) is 3.86. The SMILES string of the molecule is CC1(C)CC(OC(=O)c2ccccc2)(c2ccccc2)C=N1. The molecule has 3 heteroatoms. The molecule has 112 valence electrons. The van der Waals surface area contributed by atoms with Crippen LogP contribution in [-0.4, -0.2) is 17.7 Å². The van der Waals surface area contributed by atoms with Crippen LogP contribution in [0, 0.1) is 0 Å². The van der Waals surface area contributed by atoms with E-state index in [9.17, 15) is 4.79 Å². The number of benzene rings is 2. The summed E-state index contributed by atoms with van der Waals surface area (Å²) in [5.74, 6) is -0.325. The number of esters is 1. The number of hydrogen-bond acceptors (Lipinski definition) is 3. The quantitative estimate of drug-likeness (QED) is 0.803. The minimum atomic E-state index is -0.794. The molecule has 1 heterocycles. The fourth-order valence-electron chi connectivity index (χ4n) is 2.83. The number of carbonyl (C=O) groups excluding carboxylic acids is 1. The summed E-state index contributed by atoms with van der Waals surface area (Å²) in [6.07, 6.45) is 2.42. The van der Waals surface area contributed by atoms with Crippen LogP contribution in [0.15, 0.2) is 65.7 Å². The van der Waals surface area contributed by atoms with E-state index in [2.05, 4.69) is 4.99 Å². The van der Waals surface area contributed by atoms with E-state index in [1.54, 1.807) is 18.3 Å². The van der Waals surface area contributed by atoms with Gasteiger partial charge in [0, 0.05) is 18.2 Å². The maximum atomic E-state index is 12.5. The first-order valence-corrected chi connectivity index (χ1v) is 7.41. The summed E-state index contributed by atoms with van der Waals surface area (Å²) in [5.41, 5.74) is 0.467. The maximum Gasteiger partial charge on any atom is 0.339 e. The van der Waals surface area contributed by atoms with Gasteiger partial charge >= 0.3 is 5.97 Å². The molecule has 0 radical (unpaired) electrons. The Labute approximate surface area is 130 Å². The minimum absolute atomic E-state index is 0.243. The lowest BCUT2D eigenvalue weighted by molar-refractivity contribution is 0.00751. The van der Waals surface area contributed by atoms with Crippen LogP contribution in [0.5, 0.6) is 0 Å². The Balaban J connectivity index is 1.95. The van der Waals surface area contributed by atoms with E-state index in [0.717, 1.165) is 5.56 Å². The van der Waals surface area contributed by atoms with Crippen LogP contribution < -0.4 is 0 Å². The van der Waals surface area contributed by atoms with Crippen molar-refractivity contribution in [2.24, 2.45) is 4.99 Å². The normalized spacial score (nSPS) is 22.5. The Kier molecular flexibility index (Phi) is 3.57. The molecular weight excluding hydrogens is 274 g/mol. The summed E-state index contributed by atoms with van der Waals surface area (Å²) in [4.78, 5) is 17.0. The largest absolute Gasteiger partial charge is 0.445 e. The van der Waals surface area contributed by atoms with Crippen LogP contribution in [0.2, 0.25) is 0 Å². The van der Waals surface area contributed by atoms with Crippen LogP contribution in [0.1, 0.15) is 36.2 Å². The standard InChI is InChI=1S/C19H19NO2/c1-18(2)13-19(14-20-18,16-11-7-4-8-12-16)22-17(21)15-9-5-3-6-10-15/h3-12,14H,13H2,1-2H3. The van der Waals surface area contributed by atoms with E-state index >= 15 is 0 Å². The highest BCUT2D eigenvalue weighted by Crippen LogP contribution is 2.40. The molecule has 2 aromatic carbocycles. The zero-order valence-electron chi connectivity index (χ0n) is 12.8. The van der Waals surface area contributed by atoms with Crippen LogP contribution in [-0.2, 0) is 10.3 Å². The fourth-order valence-corrected chi connectivity index (χ4v) is 2.83. The monoisotopic (exact) mass is 293 g/mol. The first-order valence-electron chi connectivity index (χ1n) is 7.41. The van der Waals surface area contributed by atoms with Crippen molar-refractivity contribution in [3.8, 4) is 0 Å². The van der Waals surface area contributed by atoms with Crippen molar-refractivity contribution in [3.05, 3.63) is 71.8 Å². The summed E-state index contributed by atoms with van der Waals surface area (Å²) in [6, 6.07) is 18.9. The smallest absolute Gasteiger partial charge is 0.339 e. The molecule has 0 bridgehead atoms. The van der Waals surface area contributed by atoms with E-state index in [-0.39, 0.29) is 11.5 Å². The number of hydrogen-bond donors (Lipinski definition) is 0. The van der Waals surface area contributed by atoms with E-state index in [1.165, 1.54) is 0 Å². The molecule has 1 unspecified atom stereocenters. The lowest BCUT2D eigenvalue weighted by atomic mass is 9.86. The highest BCUT2D eigenvalue weighted by Gasteiger charge is 2.44. The molecule has 0 N–H and O–H groups in total. The number of aliphatic imine (C=N–C) groups is 1. The van der Waals surface area contributed by atoms with Crippen molar-refractivity contribution in [2.45, 2.75) is 31.4 Å². The fraction of sp³-hybridized carbons (Fsp3) is 0.263. The number of ether oxygens (including phenoxy) is 1. The van der Waals surface area contributed by atoms with E-state index < -0.39 is 5.60 Å². The van der Waals surface area contributed by atoms with Gasteiger partial charge in [0.05, 0.1) is 11.1 Å². The van der Waals surface area contributed by atoms with E-state index in [1.807, 2.05) is 62.4 Å². The molecule has 0 aliphatic carbocycles. The predicted octanol–water partition coefficient (Wildman–Crippen LogP) is 3.99. The van der Waals surface area contributed by atoms with Crippen molar-refractivity contribution in [3.63, 3.8) is 0 Å². The second-order valence-corrected chi connectivity index (χ2v) is 6.26. The average Bonchev–Trinajstić information content (AvgIpc) is 2.85. The Morgan fingerprint density at radius 1 is 1.00 bits per heavy atom. The first-order chi connectivity index (χ1) is 10.5. The molecule has 0 amide bonds. The van der Waals surface area contributed by atoms with E-state index in [0.29, 0.717) is 12.0 Å². The van der Waals surface area contributed by atoms with Gasteiger partial charge in [-0.05, 0) is 26.0 Å². The highest BCUT2D eigenvalue weighted by molar-refractivity contribution is 5.92. The predicted molar refractivity (Wildman–Crippen MR) is 87.2 cm³/mol. The van der Waals surface area contributed by atoms with Gasteiger partial charge in [-0.25, -0.2) is 4.79 Å². The Morgan fingerprint density at radius 3 is 2.14 bits per heavy atom. The van der Waals surface area contributed by atoms with Gasteiger partial charge in [0.2, 0.25) is 0 Å². The lowest BCUT2D eigenvalue weighted by Gasteiger charge is -2.29. The summed E-state index contributed by atoms with van der Waals surface area (Å²) in [5, 5.41) is 0. The summed E-state index contributed by atoms with van der Waals surface area (Å²) >= 11 is 0. The zero-order chi connectivity index (χ0) is 15.6. The molecule has 3 rings (SSSR count). The molecule has 0 spiro atoms. The molecule has 0 aromatic heterocycles. The Bertz CT molecular complexity index is 692. The molecule has 1 atom stereocenters. The first kappa shape index (κ1) is 14.5. The van der Waals surface area contributed by atoms with Gasteiger partial charge in [-0.2, -0.15) is 0 Å². The average molecular weight is 293 g/mol. The summed E-state index contributed by atoms with van der Waals surface area (Å²) in [6.45, 7) is 4.09. The topological polar surface area (TPSA) is 38.7 Å². The van der Waals surface area contributed by atoms with Crippen molar-refractivity contribution in [1.82, 2.24) is 0 Å². The summed E-state index contributed by atoms with van der Waals surface area (Å²) in [7, 11) is 0. The van der Waals surface area contributed by atoms with Crippen molar-refractivity contribution in [1.29, 1.82) is 0 Å². The van der Waals surface area contributed by atoms with Crippen LogP contribution >= 0.6 is 0 Å². The van der Waals surface area contributed by atoms with Gasteiger partial charge in [0.25, 0.3) is 0 Å². The third-order valence-corrected chi connectivity index (χ3v) is 3.86. The third kappa shape index (κ3) is 2.80. The molecule has 2 aromatic rings. The molecular formula is C19H19NO2. The molecule has 1 aliphatic heterocycles. The van der Waals surface area contributed by atoms with Crippen molar-refractivity contribution in [2.75, 3.05) is 0 Å².